The molecule has 0 spiro atoms. The number of carbonyl (C=O) groups excluding carboxylic acids is 4. The first kappa shape index (κ1) is 23.2. The molecule has 9 heteroatoms. The van der Waals surface area contributed by atoms with Gasteiger partial charge in [-0.1, -0.05) is 18.2 Å². The fourth-order valence-corrected chi connectivity index (χ4v) is 3.27. The van der Waals surface area contributed by atoms with Gasteiger partial charge in [-0.25, -0.2) is 4.79 Å². The third kappa shape index (κ3) is 4.92. The second-order valence-electron chi connectivity index (χ2n) is 6.63. The number of methoxy groups -OCH3 is 3. The maximum absolute atomic E-state index is 13.0. The second kappa shape index (κ2) is 10.7. The maximum atomic E-state index is 13.0. The number of ether oxygens (including phenoxy) is 3. The van der Waals surface area contributed by atoms with Crippen LogP contribution in [0.15, 0.2) is 36.9 Å². The van der Waals surface area contributed by atoms with Gasteiger partial charge in [0.15, 0.2) is 6.29 Å². The Morgan fingerprint density at radius 1 is 1.07 bits per heavy atom. The summed E-state index contributed by atoms with van der Waals surface area (Å²) in [5.74, 6) is -2.45. The van der Waals surface area contributed by atoms with Crippen LogP contribution in [-0.2, 0) is 23.8 Å². The molecule has 1 aliphatic heterocycles. The van der Waals surface area contributed by atoms with Crippen molar-refractivity contribution in [2.45, 2.75) is 37.6 Å². The summed E-state index contributed by atoms with van der Waals surface area (Å²) >= 11 is 0. The lowest BCUT2D eigenvalue weighted by molar-refractivity contribution is -0.147. The first-order chi connectivity index (χ1) is 14.4. The Morgan fingerprint density at radius 3 is 2.10 bits per heavy atom. The minimum Gasteiger partial charge on any atom is -0.467 e. The highest BCUT2D eigenvalue weighted by atomic mass is 16.7. The fraction of sp³-hybridized carbons (Fsp3) is 0.429. The van der Waals surface area contributed by atoms with E-state index in [0.29, 0.717) is 6.42 Å². The third-order valence-electron chi connectivity index (χ3n) is 4.85. The van der Waals surface area contributed by atoms with Gasteiger partial charge >= 0.3 is 5.97 Å². The molecule has 0 bridgehead atoms. The number of amides is 3. The summed E-state index contributed by atoms with van der Waals surface area (Å²) in [5.41, 5.74) is 0.467. The zero-order valence-corrected chi connectivity index (χ0v) is 17.3. The van der Waals surface area contributed by atoms with Gasteiger partial charge in [0.25, 0.3) is 11.8 Å². The predicted molar refractivity (Wildman–Crippen MR) is 107 cm³/mol. The van der Waals surface area contributed by atoms with E-state index < -0.39 is 42.1 Å². The van der Waals surface area contributed by atoms with Crippen LogP contribution in [-0.4, -0.2) is 68.3 Å². The topological polar surface area (TPSA) is 111 Å². The van der Waals surface area contributed by atoms with Crippen LogP contribution in [0.4, 0.5) is 0 Å². The zero-order valence-electron chi connectivity index (χ0n) is 17.3. The van der Waals surface area contributed by atoms with E-state index in [2.05, 4.69) is 11.9 Å². The zero-order chi connectivity index (χ0) is 22.3. The van der Waals surface area contributed by atoms with Crippen molar-refractivity contribution in [1.82, 2.24) is 10.2 Å². The maximum Gasteiger partial charge on any atom is 0.328 e. The molecule has 1 aliphatic rings. The van der Waals surface area contributed by atoms with Gasteiger partial charge in [0.2, 0.25) is 5.91 Å². The smallest absolute Gasteiger partial charge is 0.328 e. The predicted octanol–water partition coefficient (Wildman–Crippen LogP) is 1.28. The molecule has 0 unspecified atom stereocenters. The van der Waals surface area contributed by atoms with Crippen molar-refractivity contribution < 1.29 is 33.4 Å². The van der Waals surface area contributed by atoms with Gasteiger partial charge < -0.3 is 19.5 Å². The van der Waals surface area contributed by atoms with Crippen molar-refractivity contribution in [1.29, 1.82) is 0 Å². The molecule has 9 nitrogen and oxygen atoms in total. The summed E-state index contributed by atoms with van der Waals surface area (Å²) in [6, 6.07) is 4.20. The summed E-state index contributed by atoms with van der Waals surface area (Å²) in [6.07, 6.45) is 1.39. The normalized spacial score (nSPS) is 15.0. The van der Waals surface area contributed by atoms with Crippen LogP contribution in [0, 0.1) is 0 Å². The first-order valence-electron chi connectivity index (χ1n) is 9.41. The van der Waals surface area contributed by atoms with E-state index >= 15 is 0 Å². The highest BCUT2D eigenvalue weighted by molar-refractivity contribution is 6.22. The number of imide groups is 1. The molecule has 1 aromatic carbocycles. The lowest BCUT2D eigenvalue weighted by atomic mass is 10.1. The number of carbonyl (C=O) groups is 4. The molecule has 2 atom stereocenters. The lowest BCUT2D eigenvalue weighted by Crippen LogP contribution is -2.53. The van der Waals surface area contributed by atoms with Gasteiger partial charge in [0, 0.05) is 20.6 Å². The number of rotatable bonds is 11. The van der Waals surface area contributed by atoms with Crippen molar-refractivity contribution in [2.24, 2.45) is 0 Å². The van der Waals surface area contributed by atoms with Gasteiger partial charge in [-0.2, -0.15) is 0 Å². The van der Waals surface area contributed by atoms with Gasteiger partial charge in [-0.15, -0.1) is 6.58 Å². The van der Waals surface area contributed by atoms with Crippen LogP contribution in [0.3, 0.4) is 0 Å². The minimum absolute atomic E-state index is 0.0317. The molecule has 0 saturated carbocycles. The Bertz CT molecular complexity index is 784. The van der Waals surface area contributed by atoms with Crippen LogP contribution in [0.1, 0.15) is 40.0 Å². The van der Waals surface area contributed by atoms with Crippen LogP contribution in [0.25, 0.3) is 0 Å². The third-order valence-corrected chi connectivity index (χ3v) is 4.85. The standard InChI is InChI=1S/C21H26N2O7/c1-5-8-16(23-19(25)13-9-6-7-10-14(13)20(23)26)18(24)22-15(21(27)30-4)11-12-17(28-2)29-3/h5-7,9-10,15-17H,1,8,11-12H2,2-4H3,(H,22,24)/t15-,16-/m0/s1. The van der Waals surface area contributed by atoms with Gasteiger partial charge in [-0.05, 0) is 25.0 Å². The van der Waals surface area contributed by atoms with Gasteiger partial charge in [-0.3, -0.25) is 19.3 Å². The monoisotopic (exact) mass is 418 g/mol. The molecule has 162 valence electrons. The van der Waals surface area contributed by atoms with Crippen molar-refractivity contribution in [3.05, 3.63) is 48.0 Å². The molecule has 3 amide bonds. The van der Waals surface area contributed by atoms with Gasteiger partial charge in [0.05, 0.1) is 18.2 Å². The molecule has 1 heterocycles. The SMILES string of the molecule is C=CC[C@@H](C(=O)N[C@@H](CCC(OC)OC)C(=O)OC)N1C(=O)c2ccccc2C1=O. The lowest BCUT2D eigenvalue weighted by Gasteiger charge is -2.27. The number of esters is 1. The Morgan fingerprint density at radius 2 is 1.63 bits per heavy atom. The van der Waals surface area contributed by atoms with E-state index in [1.54, 1.807) is 12.1 Å². The van der Waals surface area contributed by atoms with Gasteiger partial charge in [0.1, 0.15) is 12.1 Å². The second-order valence-corrected chi connectivity index (χ2v) is 6.63. The Kier molecular flexibility index (Phi) is 8.25. The molecule has 0 fully saturated rings. The van der Waals surface area contributed by atoms with Crippen molar-refractivity contribution in [3.8, 4) is 0 Å². The van der Waals surface area contributed by atoms with E-state index in [-0.39, 0.29) is 24.0 Å². The average Bonchev–Trinajstić information content (AvgIpc) is 3.01. The Labute approximate surface area is 175 Å². The molecule has 0 radical (unpaired) electrons. The van der Waals surface area contributed by atoms with Crippen molar-refractivity contribution in [2.75, 3.05) is 21.3 Å². The number of hydrogen-bond acceptors (Lipinski definition) is 7. The minimum atomic E-state index is -1.15. The number of fused-ring (bicyclic) bond motifs is 1. The summed E-state index contributed by atoms with van der Waals surface area (Å²) in [6.45, 7) is 3.61. The molecular formula is C21H26N2O7. The summed E-state index contributed by atoms with van der Waals surface area (Å²) in [7, 11) is 4.13. The van der Waals surface area contributed by atoms with E-state index in [0.717, 1.165) is 4.90 Å². The highest BCUT2D eigenvalue weighted by Gasteiger charge is 2.42. The highest BCUT2D eigenvalue weighted by Crippen LogP contribution is 2.26. The molecule has 1 N–H and O–H groups in total. The summed E-state index contributed by atoms with van der Waals surface area (Å²) < 4.78 is 15.0. The number of nitrogens with zero attached hydrogens (tertiary/aromatic N) is 1. The van der Waals surface area contributed by atoms with E-state index in [1.807, 2.05) is 0 Å². The molecule has 0 aliphatic carbocycles. The molecule has 2 rings (SSSR count). The fourth-order valence-electron chi connectivity index (χ4n) is 3.27. The van der Waals surface area contributed by atoms with Crippen LogP contribution in [0.2, 0.25) is 0 Å². The van der Waals surface area contributed by atoms with Crippen LogP contribution < -0.4 is 5.32 Å². The van der Waals surface area contributed by atoms with Crippen LogP contribution in [0.5, 0.6) is 0 Å². The van der Waals surface area contributed by atoms with E-state index in [1.165, 1.54) is 39.5 Å². The first-order valence-corrected chi connectivity index (χ1v) is 9.41. The largest absolute Gasteiger partial charge is 0.467 e. The molecular weight excluding hydrogens is 392 g/mol. The Balaban J connectivity index is 2.21. The number of nitrogens with one attached hydrogen (secondary N) is 1. The quantitative estimate of drug-likeness (QED) is 0.249. The summed E-state index contributed by atoms with van der Waals surface area (Å²) in [5, 5.41) is 2.58. The summed E-state index contributed by atoms with van der Waals surface area (Å²) in [4.78, 5) is 51.6. The molecule has 1 aromatic rings. The molecule has 0 saturated heterocycles. The van der Waals surface area contributed by atoms with Crippen molar-refractivity contribution in [3.63, 3.8) is 0 Å². The van der Waals surface area contributed by atoms with E-state index in [4.69, 9.17) is 14.2 Å². The molecule has 0 aromatic heterocycles. The van der Waals surface area contributed by atoms with Crippen molar-refractivity contribution >= 4 is 23.7 Å². The number of hydrogen-bond donors (Lipinski definition) is 1. The Hall–Kier alpha value is -3.04. The number of benzene rings is 1. The average molecular weight is 418 g/mol. The van der Waals surface area contributed by atoms with E-state index in [9.17, 15) is 19.2 Å². The van der Waals surface area contributed by atoms with Crippen LogP contribution >= 0.6 is 0 Å². The molecule has 30 heavy (non-hydrogen) atoms.